The molecule has 0 radical (unpaired) electrons. The minimum atomic E-state index is -5.00. The number of para-hydroxylation sites is 1. The third-order valence-corrected chi connectivity index (χ3v) is 6.64. The van der Waals surface area contributed by atoms with Gasteiger partial charge >= 0.3 is 6.18 Å². The van der Waals surface area contributed by atoms with Crippen molar-refractivity contribution in [1.29, 1.82) is 0 Å². The molecule has 0 fully saturated rings. The van der Waals surface area contributed by atoms with E-state index in [1.54, 1.807) is 32.0 Å². The molecule has 0 aliphatic heterocycles. The Hall–Kier alpha value is -4.27. The van der Waals surface area contributed by atoms with Crippen LogP contribution in [0.4, 0.5) is 18.9 Å². The summed E-state index contributed by atoms with van der Waals surface area (Å²) in [4.78, 5) is 26.0. The van der Waals surface area contributed by atoms with E-state index in [0.717, 1.165) is 28.4 Å². The normalized spacial score (nSPS) is 11.8. The molecule has 41 heavy (non-hydrogen) atoms. The fourth-order valence-corrected chi connectivity index (χ4v) is 4.47. The molecule has 0 spiro atoms. The zero-order valence-corrected chi connectivity index (χ0v) is 23.7. The van der Waals surface area contributed by atoms with Crippen molar-refractivity contribution in [2.75, 3.05) is 11.9 Å². The van der Waals surface area contributed by atoms with Gasteiger partial charge in [-0.3, -0.25) is 9.59 Å². The molecule has 1 amide bonds. The second-order valence-corrected chi connectivity index (χ2v) is 10.6. The lowest BCUT2D eigenvalue weighted by atomic mass is 9.92. The molecular formula is C32H32F3NO5. The number of hydrogen-bond acceptors (Lipinski definition) is 5. The van der Waals surface area contributed by atoms with Crippen molar-refractivity contribution in [3.63, 3.8) is 0 Å². The molecule has 0 saturated heterocycles. The van der Waals surface area contributed by atoms with Crippen LogP contribution in [-0.4, -0.2) is 12.5 Å². The number of rotatable bonds is 8. The average Bonchev–Trinajstić information content (AvgIpc) is 2.90. The Labute approximate surface area is 236 Å². The van der Waals surface area contributed by atoms with Gasteiger partial charge in [0.25, 0.3) is 11.7 Å². The lowest BCUT2D eigenvalue weighted by Crippen LogP contribution is -2.22. The maximum Gasteiger partial charge on any atom is 0.453 e. The van der Waals surface area contributed by atoms with E-state index in [1.165, 1.54) is 12.1 Å². The van der Waals surface area contributed by atoms with Gasteiger partial charge in [-0.2, -0.15) is 13.2 Å². The standard InChI is InChI=1S/C32H32F3NO5/c1-17(2)22-8-7-9-23(18(3)4)28(22)36-27(37)16-39-21-12-13-24-26(15-21)41-31(32(33,34)35)30(29(24)38)40-25-14-19(5)10-11-20(25)6/h7-15,17-18H,16H2,1-6H3,(H,36,37). The Bertz CT molecular complexity index is 1630. The third-order valence-electron chi connectivity index (χ3n) is 6.64. The van der Waals surface area contributed by atoms with Gasteiger partial charge in [-0.25, -0.2) is 0 Å². The van der Waals surface area contributed by atoms with Crippen molar-refractivity contribution >= 4 is 22.6 Å². The van der Waals surface area contributed by atoms with Crippen LogP contribution in [0.3, 0.4) is 0 Å². The summed E-state index contributed by atoms with van der Waals surface area (Å²) < 4.78 is 58.2. The Balaban J connectivity index is 1.62. The van der Waals surface area contributed by atoms with Crippen molar-refractivity contribution in [3.8, 4) is 17.2 Å². The van der Waals surface area contributed by atoms with Crippen LogP contribution in [0.2, 0.25) is 0 Å². The Morgan fingerprint density at radius 2 is 1.61 bits per heavy atom. The highest BCUT2D eigenvalue weighted by Crippen LogP contribution is 2.39. The molecule has 4 aromatic rings. The monoisotopic (exact) mass is 567 g/mol. The number of amides is 1. The second-order valence-electron chi connectivity index (χ2n) is 10.6. The number of hydrogen-bond donors (Lipinski definition) is 1. The van der Waals surface area contributed by atoms with E-state index in [2.05, 4.69) is 5.32 Å². The van der Waals surface area contributed by atoms with Crippen LogP contribution in [0.25, 0.3) is 11.0 Å². The quantitative estimate of drug-likeness (QED) is 0.231. The average molecular weight is 568 g/mol. The molecule has 216 valence electrons. The first-order valence-electron chi connectivity index (χ1n) is 13.2. The van der Waals surface area contributed by atoms with Crippen molar-refractivity contribution in [2.24, 2.45) is 0 Å². The summed E-state index contributed by atoms with van der Waals surface area (Å²) in [5, 5.41) is 2.80. The van der Waals surface area contributed by atoms with Gasteiger partial charge in [0.2, 0.25) is 11.2 Å². The molecule has 4 rings (SSSR count). The van der Waals surface area contributed by atoms with Crippen LogP contribution in [0.1, 0.15) is 67.5 Å². The molecule has 0 aliphatic carbocycles. The van der Waals surface area contributed by atoms with Gasteiger partial charge < -0.3 is 19.2 Å². The number of anilines is 1. The number of fused-ring (bicyclic) bond motifs is 1. The minimum absolute atomic E-state index is 0.0633. The van der Waals surface area contributed by atoms with Gasteiger partial charge in [0, 0.05) is 11.8 Å². The zero-order valence-electron chi connectivity index (χ0n) is 23.7. The van der Waals surface area contributed by atoms with E-state index in [0.29, 0.717) is 5.56 Å². The summed E-state index contributed by atoms with van der Waals surface area (Å²) in [6.07, 6.45) is -5.00. The first-order valence-corrected chi connectivity index (χ1v) is 13.2. The van der Waals surface area contributed by atoms with Crippen LogP contribution in [0, 0.1) is 13.8 Å². The van der Waals surface area contributed by atoms with Crippen molar-refractivity contribution in [1.82, 2.24) is 0 Å². The van der Waals surface area contributed by atoms with Gasteiger partial charge in [0.15, 0.2) is 6.61 Å². The molecule has 1 aromatic heterocycles. The van der Waals surface area contributed by atoms with E-state index in [-0.39, 0.29) is 34.3 Å². The molecule has 0 atom stereocenters. The van der Waals surface area contributed by atoms with Crippen LogP contribution in [-0.2, 0) is 11.0 Å². The van der Waals surface area contributed by atoms with Crippen molar-refractivity contribution in [2.45, 2.75) is 59.6 Å². The predicted octanol–water partition coefficient (Wildman–Crippen LogP) is 8.49. The molecule has 1 N–H and O–H groups in total. The molecule has 0 aliphatic rings. The van der Waals surface area contributed by atoms with Gasteiger partial charge in [-0.05, 0) is 66.1 Å². The van der Waals surface area contributed by atoms with E-state index >= 15 is 0 Å². The molecule has 0 unspecified atom stereocenters. The van der Waals surface area contributed by atoms with E-state index in [4.69, 9.17) is 13.9 Å². The number of aryl methyl sites for hydroxylation is 2. The molecule has 9 heteroatoms. The Kier molecular flexibility index (Phi) is 8.47. The summed E-state index contributed by atoms with van der Waals surface area (Å²) in [5.74, 6) is -2.43. The summed E-state index contributed by atoms with van der Waals surface area (Å²) >= 11 is 0. The molecule has 1 heterocycles. The number of ether oxygens (including phenoxy) is 2. The van der Waals surface area contributed by atoms with Crippen molar-refractivity contribution in [3.05, 3.63) is 92.8 Å². The Morgan fingerprint density at radius 3 is 2.22 bits per heavy atom. The maximum atomic E-state index is 14.0. The summed E-state index contributed by atoms with van der Waals surface area (Å²) in [7, 11) is 0. The highest BCUT2D eigenvalue weighted by molar-refractivity contribution is 5.94. The van der Waals surface area contributed by atoms with Gasteiger partial charge in [-0.1, -0.05) is 58.0 Å². The fraction of sp³-hybridized carbons (Fsp3) is 0.312. The fourth-order valence-electron chi connectivity index (χ4n) is 4.47. The Morgan fingerprint density at radius 1 is 0.951 bits per heavy atom. The highest BCUT2D eigenvalue weighted by atomic mass is 19.4. The van der Waals surface area contributed by atoms with Crippen LogP contribution in [0.15, 0.2) is 63.8 Å². The smallest absolute Gasteiger partial charge is 0.453 e. The van der Waals surface area contributed by atoms with Gasteiger partial charge in [0.05, 0.1) is 5.39 Å². The molecule has 3 aromatic carbocycles. The van der Waals surface area contributed by atoms with Crippen LogP contribution >= 0.6 is 0 Å². The van der Waals surface area contributed by atoms with Crippen LogP contribution < -0.4 is 20.2 Å². The number of halogens is 3. The number of alkyl halides is 3. The zero-order chi connectivity index (χ0) is 30.1. The second kappa shape index (κ2) is 11.7. The first kappa shape index (κ1) is 29.7. The molecule has 0 saturated carbocycles. The van der Waals surface area contributed by atoms with E-state index < -0.39 is 35.6 Å². The highest BCUT2D eigenvalue weighted by Gasteiger charge is 2.40. The summed E-state index contributed by atoms with van der Waals surface area (Å²) in [6.45, 7) is 11.1. The lowest BCUT2D eigenvalue weighted by Gasteiger charge is -2.20. The topological polar surface area (TPSA) is 77.8 Å². The molecular weight excluding hydrogens is 535 g/mol. The summed E-state index contributed by atoms with van der Waals surface area (Å²) in [6, 6.07) is 14.7. The first-order chi connectivity index (χ1) is 19.3. The van der Waals surface area contributed by atoms with Crippen LogP contribution in [0.5, 0.6) is 17.2 Å². The number of benzene rings is 3. The third kappa shape index (κ3) is 6.56. The molecule has 0 bridgehead atoms. The van der Waals surface area contributed by atoms with Gasteiger partial charge in [0.1, 0.15) is 17.1 Å². The number of carbonyl (C=O) groups excluding carboxylic acids is 1. The number of carbonyl (C=O) groups is 1. The van der Waals surface area contributed by atoms with E-state index in [9.17, 15) is 22.8 Å². The van der Waals surface area contributed by atoms with Crippen molar-refractivity contribution < 1.29 is 31.9 Å². The minimum Gasteiger partial charge on any atom is -0.484 e. The summed E-state index contributed by atoms with van der Waals surface area (Å²) in [5.41, 5.74) is 2.68. The largest absolute Gasteiger partial charge is 0.484 e. The maximum absolute atomic E-state index is 14.0. The van der Waals surface area contributed by atoms with E-state index in [1.807, 2.05) is 45.9 Å². The lowest BCUT2D eigenvalue weighted by molar-refractivity contribution is -0.154. The number of nitrogens with one attached hydrogen (secondary N) is 1. The predicted molar refractivity (Wildman–Crippen MR) is 152 cm³/mol. The molecule has 6 nitrogen and oxygen atoms in total. The van der Waals surface area contributed by atoms with Gasteiger partial charge in [-0.15, -0.1) is 0 Å². The SMILES string of the molecule is Cc1ccc(C)c(Oc2c(C(F)(F)F)oc3cc(OCC(=O)Nc4c(C(C)C)cccc4C(C)C)ccc3c2=O)c1.